The van der Waals surface area contributed by atoms with Crippen molar-refractivity contribution >= 4 is 11.8 Å². The summed E-state index contributed by atoms with van der Waals surface area (Å²) in [6, 6.07) is 11.7. The number of carbonyl (C=O) groups is 2. The molecule has 3 aromatic rings. The van der Waals surface area contributed by atoms with E-state index < -0.39 is 0 Å². The molecule has 0 radical (unpaired) electrons. The van der Waals surface area contributed by atoms with Gasteiger partial charge in [0.2, 0.25) is 5.91 Å². The van der Waals surface area contributed by atoms with Crippen molar-refractivity contribution in [3.05, 3.63) is 78.0 Å². The molecular weight excluding hydrogens is 344 g/mol. The number of hydrogen-bond acceptors (Lipinski definition) is 4. The highest BCUT2D eigenvalue weighted by molar-refractivity contribution is 5.94. The maximum atomic E-state index is 12.2. The molecule has 0 aliphatic rings. The van der Waals surface area contributed by atoms with Crippen LogP contribution in [0.5, 0.6) is 0 Å². The average Bonchev–Trinajstić information content (AvgIpc) is 3.34. The van der Waals surface area contributed by atoms with E-state index in [4.69, 9.17) is 4.42 Å². The van der Waals surface area contributed by atoms with Crippen molar-refractivity contribution in [1.29, 1.82) is 0 Å². The molecule has 1 aromatic carbocycles. The van der Waals surface area contributed by atoms with Crippen LogP contribution in [0.3, 0.4) is 0 Å². The summed E-state index contributed by atoms with van der Waals surface area (Å²) in [7, 11) is 1.74. The van der Waals surface area contributed by atoms with Crippen molar-refractivity contribution in [2.75, 3.05) is 13.6 Å². The second-order valence-corrected chi connectivity index (χ2v) is 6.30. The third-order valence-corrected chi connectivity index (χ3v) is 4.13. The highest BCUT2D eigenvalue weighted by Gasteiger charge is 2.12. The fraction of sp³-hybridized carbons (Fsp3) is 0.250. The summed E-state index contributed by atoms with van der Waals surface area (Å²) in [5.41, 5.74) is 2.58. The number of benzene rings is 1. The Bertz CT molecular complexity index is 872. The van der Waals surface area contributed by atoms with Crippen molar-refractivity contribution in [2.45, 2.75) is 19.5 Å². The number of aromatic nitrogens is 2. The van der Waals surface area contributed by atoms with Gasteiger partial charge in [0.1, 0.15) is 6.26 Å². The van der Waals surface area contributed by atoms with Crippen LogP contribution in [0, 0.1) is 0 Å². The minimum atomic E-state index is -0.249. The molecule has 7 nitrogen and oxygen atoms in total. The first-order valence-corrected chi connectivity index (χ1v) is 8.71. The molecule has 7 heteroatoms. The Balaban J connectivity index is 1.43. The van der Waals surface area contributed by atoms with Gasteiger partial charge >= 0.3 is 0 Å². The molecule has 0 fully saturated rings. The summed E-state index contributed by atoms with van der Waals surface area (Å²) >= 11 is 0. The van der Waals surface area contributed by atoms with Crippen LogP contribution in [-0.2, 0) is 17.9 Å². The molecule has 0 spiro atoms. The summed E-state index contributed by atoms with van der Waals surface area (Å²) in [6.07, 6.45) is 6.76. The lowest BCUT2D eigenvalue weighted by Crippen LogP contribution is -2.31. The van der Waals surface area contributed by atoms with Crippen molar-refractivity contribution in [1.82, 2.24) is 20.0 Å². The van der Waals surface area contributed by atoms with E-state index in [1.807, 2.05) is 29.1 Å². The van der Waals surface area contributed by atoms with E-state index in [2.05, 4.69) is 22.5 Å². The van der Waals surface area contributed by atoms with Gasteiger partial charge in [-0.1, -0.05) is 30.3 Å². The molecule has 0 saturated heterocycles. The third-order valence-electron chi connectivity index (χ3n) is 4.13. The maximum absolute atomic E-state index is 12.2. The zero-order valence-corrected chi connectivity index (χ0v) is 15.2. The fourth-order valence-corrected chi connectivity index (χ4v) is 2.68. The van der Waals surface area contributed by atoms with E-state index in [1.54, 1.807) is 24.2 Å². The summed E-state index contributed by atoms with van der Waals surface area (Å²) in [5, 5.41) is 7.05. The molecule has 0 unspecified atom stereocenters. The van der Waals surface area contributed by atoms with Crippen molar-refractivity contribution in [3.8, 4) is 0 Å². The van der Waals surface area contributed by atoms with Crippen LogP contribution in [0.15, 0.2) is 65.7 Å². The topological polar surface area (TPSA) is 80.4 Å². The number of rotatable bonds is 8. The Morgan fingerprint density at radius 1 is 1.19 bits per heavy atom. The maximum Gasteiger partial charge on any atom is 0.254 e. The highest BCUT2D eigenvalue weighted by atomic mass is 16.3. The van der Waals surface area contributed by atoms with Gasteiger partial charge in [0, 0.05) is 38.3 Å². The van der Waals surface area contributed by atoms with Crippen LogP contribution < -0.4 is 5.32 Å². The molecule has 2 aromatic heterocycles. The van der Waals surface area contributed by atoms with Gasteiger partial charge in [-0.15, -0.1) is 0 Å². The Kier molecular flexibility index (Phi) is 6.04. The van der Waals surface area contributed by atoms with E-state index in [1.165, 1.54) is 18.1 Å². The summed E-state index contributed by atoms with van der Waals surface area (Å²) in [5.74, 6) is -0.292. The lowest BCUT2D eigenvalue weighted by molar-refractivity contribution is -0.130. The van der Waals surface area contributed by atoms with Crippen molar-refractivity contribution in [2.24, 2.45) is 0 Å². The van der Waals surface area contributed by atoms with Gasteiger partial charge in [0.25, 0.3) is 5.91 Å². The average molecular weight is 366 g/mol. The van der Waals surface area contributed by atoms with Crippen LogP contribution in [0.2, 0.25) is 0 Å². The van der Waals surface area contributed by atoms with Gasteiger partial charge in [0.15, 0.2) is 0 Å². The molecule has 0 saturated carbocycles. The number of furan rings is 1. The predicted molar refractivity (Wildman–Crippen MR) is 99.9 cm³/mol. The van der Waals surface area contributed by atoms with Gasteiger partial charge in [0.05, 0.1) is 24.6 Å². The molecule has 0 aliphatic heterocycles. The zero-order valence-electron chi connectivity index (χ0n) is 15.2. The smallest absolute Gasteiger partial charge is 0.254 e. The normalized spacial score (nSPS) is 10.6. The molecule has 0 aliphatic carbocycles. The minimum absolute atomic E-state index is 0.0432. The van der Waals surface area contributed by atoms with Gasteiger partial charge < -0.3 is 14.6 Å². The minimum Gasteiger partial charge on any atom is -0.472 e. The van der Waals surface area contributed by atoms with E-state index in [0.29, 0.717) is 18.7 Å². The monoisotopic (exact) mass is 366 g/mol. The van der Waals surface area contributed by atoms with Gasteiger partial charge in [-0.05, 0) is 11.6 Å². The van der Waals surface area contributed by atoms with Crippen molar-refractivity contribution < 1.29 is 14.0 Å². The molecule has 27 heavy (non-hydrogen) atoms. The molecule has 2 heterocycles. The van der Waals surface area contributed by atoms with Crippen molar-refractivity contribution in [3.63, 3.8) is 0 Å². The standard InChI is InChI=1S/C20H22N4O3/c1-23(19(25)7-9-21-20(26)18-8-10-27-15-18)12-17-11-22-24(14-17)13-16-5-3-2-4-6-16/h2-6,8,10-11,14-15H,7,9,12-13H2,1H3,(H,21,26). The number of hydrogen-bond donors (Lipinski definition) is 1. The highest BCUT2D eigenvalue weighted by Crippen LogP contribution is 2.07. The van der Waals surface area contributed by atoms with E-state index in [0.717, 1.165) is 5.56 Å². The number of nitrogens with one attached hydrogen (secondary N) is 1. The largest absolute Gasteiger partial charge is 0.472 e. The zero-order chi connectivity index (χ0) is 19.1. The lowest BCUT2D eigenvalue weighted by atomic mass is 10.2. The lowest BCUT2D eigenvalue weighted by Gasteiger charge is -2.16. The van der Waals surface area contributed by atoms with Crippen LogP contribution in [0.4, 0.5) is 0 Å². The summed E-state index contributed by atoms with van der Waals surface area (Å²) < 4.78 is 6.72. The predicted octanol–water partition coefficient (Wildman–Crippen LogP) is 2.30. The molecule has 0 atom stereocenters. The first-order chi connectivity index (χ1) is 13.1. The second-order valence-electron chi connectivity index (χ2n) is 6.30. The summed E-state index contributed by atoms with van der Waals surface area (Å²) in [4.78, 5) is 25.7. The Morgan fingerprint density at radius 3 is 2.74 bits per heavy atom. The first-order valence-electron chi connectivity index (χ1n) is 8.71. The van der Waals surface area contributed by atoms with E-state index in [-0.39, 0.29) is 24.8 Å². The number of carbonyl (C=O) groups excluding carboxylic acids is 2. The van der Waals surface area contributed by atoms with Crippen LogP contribution in [0.1, 0.15) is 27.9 Å². The molecular formula is C20H22N4O3. The number of amides is 2. The van der Waals surface area contributed by atoms with E-state index >= 15 is 0 Å². The Morgan fingerprint density at radius 2 is 2.00 bits per heavy atom. The van der Waals surface area contributed by atoms with Gasteiger partial charge in [-0.2, -0.15) is 5.10 Å². The Hall–Kier alpha value is -3.35. The number of nitrogens with zero attached hydrogens (tertiary/aromatic N) is 3. The van der Waals surface area contributed by atoms with Gasteiger partial charge in [-0.25, -0.2) is 0 Å². The fourth-order valence-electron chi connectivity index (χ4n) is 2.68. The van der Waals surface area contributed by atoms with Crippen LogP contribution in [0.25, 0.3) is 0 Å². The van der Waals surface area contributed by atoms with Gasteiger partial charge in [-0.3, -0.25) is 14.3 Å². The van der Waals surface area contributed by atoms with E-state index in [9.17, 15) is 9.59 Å². The third kappa shape index (κ3) is 5.31. The quantitative estimate of drug-likeness (QED) is 0.663. The molecule has 2 amide bonds. The SMILES string of the molecule is CN(Cc1cnn(Cc2ccccc2)c1)C(=O)CCNC(=O)c1ccoc1. The van der Waals surface area contributed by atoms with Crippen LogP contribution in [-0.4, -0.2) is 40.1 Å². The first kappa shape index (κ1) is 18.4. The summed E-state index contributed by atoms with van der Waals surface area (Å²) in [6.45, 7) is 1.45. The molecule has 1 N–H and O–H groups in total. The van der Waals surface area contributed by atoms with Crippen LogP contribution >= 0.6 is 0 Å². The Labute approximate surface area is 157 Å². The second kappa shape index (κ2) is 8.84. The molecule has 3 rings (SSSR count). The molecule has 0 bridgehead atoms. The molecule has 140 valence electrons.